The van der Waals surface area contributed by atoms with Crippen molar-refractivity contribution in [1.82, 2.24) is 14.4 Å². The van der Waals surface area contributed by atoms with Gasteiger partial charge >= 0.3 is 0 Å². The lowest BCUT2D eigenvalue weighted by atomic mass is 10.2. The van der Waals surface area contributed by atoms with E-state index in [0.29, 0.717) is 23.1 Å². The van der Waals surface area contributed by atoms with Gasteiger partial charge < -0.3 is 10.5 Å². The van der Waals surface area contributed by atoms with E-state index in [-0.39, 0.29) is 0 Å². The van der Waals surface area contributed by atoms with E-state index in [2.05, 4.69) is 16.0 Å². The Hall–Kier alpha value is -2.56. The Morgan fingerprint density at radius 3 is 2.70 bits per heavy atom. The maximum Gasteiger partial charge on any atom is 0.213 e. The smallest absolute Gasteiger partial charge is 0.213 e. The number of imidazole rings is 1. The third kappa shape index (κ3) is 1.87. The predicted molar refractivity (Wildman–Crippen MR) is 78.9 cm³/mol. The summed E-state index contributed by atoms with van der Waals surface area (Å²) in [6.45, 7) is 4.06. The van der Waals surface area contributed by atoms with Crippen LogP contribution in [-0.2, 0) is 0 Å². The average Bonchev–Trinajstić information content (AvgIpc) is 2.76. The minimum atomic E-state index is 0.548. The Balaban J connectivity index is 2.26. The van der Waals surface area contributed by atoms with Gasteiger partial charge in [-0.3, -0.25) is 4.40 Å². The third-order valence-corrected chi connectivity index (χ3v) is 3.26. The number of nitrogens with two attached hydrogens (primary N) is 1. The minimum Gasteiger partial charge on any atom is -0.481 e. The van der Waals surface area contributed by atoms with Crippen molar-refractivity contribution in [1.29, 1.82) is 0 Å². The van der Waals surface area contributed by atoms with E-state index in [1.54, 1.807) is 13.2 Å². The molecule has 102 valence electrons. The molecule has 0 amide bonds. The highest BCUT2D eigenvalue weighted by Gasteiger charge is 2.14. The van der Waals surface area contributed by atoms with E-state index in [9.17, 15) is 0 Å². The summed E-state index contributed by atoms with van der Waals surface area (Å²) in [4.78, 5) is 8.99. The first-order valence-corrected chi connectivity index (χ1v) is 6.37. The zero-order valence-corrected chi connectivity index (χ0v) is 11.7. The van der Waals surface area contributed by atoms with Gasteiger partial charge in [-0.25, -0.2) is 9.97 Å². The summed E-state index contributed by atoms with van der Waals surface area (Å²) in [6, 6.07) is 9.64. The van der Waals surface area contributed by atoms with E-state index < -0.39 is 0 Å². The summed E-state index contributed by atoms with van der Waals surface area (Å²) in [5, 5.41) is 0. The number of fused-ring (bicyclic) bond motifs is 1. The first-order chi connectivity index (χ1) is 9.60. The van der Waals surface area contributed by atoms with Gasteiger partial charge in [-0.15, -0.1) is 0 Å². The predicted octanol–water partition coefficient (Wildman–Crippen LogP) is 2.60. The van der Waals surface area contributed by atoms with E-state index in [0.717, 1.165) is 16.9 Å². The topological polar surface area (TPSA) is 65.4 Å². The van der Waals surface area contributed by atoms with E-state index in [1.807, 2.05) is 36.4 Å². The molecule has 3 aromatic heterocycles. The van der Waals surface area contributed by atoms with Gasteiger partial charge in [0, 0.05) is 11.8 Å². The molecule has 0 atom stereocenters. The van der Waals surface area contributed by atoms with Crippen LogP contribution in [0.15, 0.2) is 30.3 Å². The first kappa shape index (κ1) is 12.5. The van der Waals surface area contributed by atoms with Gasteiger partial charge in [-0.05, 0) is 37.6 Å². The van der Waals surface area contributed by atoms with Crippen LogP contribution in [0.5, 0.6) is 5.88 Å². The molecular weight excluding hydrogens is 252 g/mol. The normalized spacial score (nSPS) is 10.9. The highest BCUT2D eigenvalue weighted by Crippen LogP contribution is 2.27. The van der Waals surface area contributed by atoms with Crippen molar-refractivity contribution in [3.05, 3.63) is 41.6 Å². The fraction of sp³-hybridized carbons (Fsp3) is 0.200. The summed E-state index contributed by atoms with van der Waals surface area (Å²) in [7, 11) is 1.59. The number of nitrogens with zero attached hydrogens (tertiary/aromatic N) is 3. The van der Waals surface area contributed by atoms with Crippen LogP contribution < -0.4 is 10.5 Å². The molecule has 0 aliphatic rings. The number of anilines is 1. The summed E-state index contributed by atoms with van der Waals surface area (Å²) in [6.07, 6.45) is 0. The molecule has 0 unspecified atom stereocenters. The molecule has 0 aromatic carbocycles. The molecule has 0 spiro atoms. The summed E-state index contributed by atoms with van der Waals surface area (Å²) in [5.41, 5.74) is 10.7. The second-order valence-corrected chi connectivity index (χ2v) is 4.78. The fourth-order valence-corrected chi connectivity index (χ4v) is 2.41. The summed E-state index contributed by atoms with van der Waals surface area (Å²) < 4.78 is 7.08. The summed E-state index contributed by atoms with van der Waals surface area (Å²) >= 11 is 0. The van der Waals surface area contributed by atoms with Gasteiger partial charge in [-0.2, -0.15) is 0 Å². The van der Waals surface area contributed by atoms with Crippen LogP contribution in [0.25, 0.3) is 17.0 Å². The average molecular weight is 268 g/mol. The van der Waals surface area contributed by atoms with E-state index in [1.165, 1.54) is 0 Å². The van der Waals surface area contributed by atoms with Gasteiger partial charge in [0.25, 0.3) is 0 Å². The lowest BCUT2D eigenvalue weighted by molar-refractivity contribution is 0.398. The zero-order valence-electron chi connectivity index (χ0n) is 11.7. The second-order valence-electron chi connectivity index (χ2n) is 4.78. The maximum atomic E-state index is 6.23. The van der Waals surface area contributed by atoms with Crippen molar-refractivity contribution < 1.29 is 4.74 Å². The highest BCUT2D eigenvalue weighted by atomic mass is 16.5. The van der Waals surface area contributed by atoms with Gasteiger partial charge in [-0.1, -0.05) is 6.07 Å². The van der Waals surface area contributed by atoms with Crippen LogP contribution in [0.1, 0.15) is 11.3 Å². The SMILES string of the molecule is COc1cccc(-c2nc3cc(C)cc(C)n3c2N)n1. The van der Waals surface area contributed by atoms with Crippen molar-refractivity contribution in [2.24, 2.45) is 0 Å². The molecule has 3 heterocycles. The molecule has 3 rings (SSSR count). The van der Waals surface area contributed by atoms with Crippen molar-refractivity contribution in [3.8, 4) is 17.3 Å². The van der Waals surface area contributed by atoms with Crippen LogP contribution in [0, 0.1) is 13.8 Å². The lowest BCUT2D eigenvalue weighted by Gasteiger charge is -2.04. The second kappa shape index (κ2) is 4.52. The number of aryl methyl sites for hydroxylation is 2. The Labute approximate surface area is 117 Å². The number of hydrogen-bond donors (Lipinski definition) is 1. The Morgan fingerprint density at radius 2 is 1.95 bits per heavy atom. The molecule has 0 radical (unpaired) electrons. The Bertz CT molecular complexity index is 792. The zero-order chi connectivity index (χ0) is 14.3. The number of methoxy groups -OCH3 is 1. The number of hydrogen-bond acceptors (Lipinski definition) is 4. The van der Waals surface area contributed by atoms with Crippen LogP contribution >= 0.6 is 0 Å². The lowest BCUT2D eigenvalue weighted by Crippen LogP contribution is -1.99. The molecule has 0 aliphatic carbocycles. The van der Waals surface area contributed by atoms with Crippen molar-refractivity contribution in [2.75, 3.05) is 12.8 Å². The standard InChI is InChI=1S/C15H16N4O/c1-9-7-10(2)19-12(8-9)18-14(15(19)16)11-5-4-6-13(17-11)20-3/h4-8H,16H2,1-3H3. The van der Waals surface area contributed by atoms with Gasteiger partial charge in [0.15, 0.2) is 0 Å². The van der Waals surface area contributed by atoms with Gasteiger partial charge in [0.1, 0.15) is 17.2 Å². The first-order valence-electron chi connectivity index (χ1n) is 6.37. The molecule has 0 aliphatic heterocycles. The van der Waals surface area contributed by atoms with Gasteiger partial charge in [0.05, 0.1) is 12.8 Å². The van der Waals surface area contributed by atoms with Crippen molar-refractivity contribution in [2.45, 2.75) is 13.8 Å². The molecule has 2 N–H and O–H groups in total. The van der Waals surface area contributed by atoms with E-state index in [4.69, 9.17) is 10.5 Å². The fourth-order valence-electron chi connectivity index (χ4n) is 2.41. The largest absolute Gasteiger partial charge is 0.481 e. The molecular formula is C15H16N4O. The molecule has 0 saturated carbocycles. The molecule has 0 saturated heterocycles. The highest BCUT2D eigenvalue weighted by molar-refractivity contribution is 5.73. The Kier molecular flexibility index (Phi) is 2.82. The molecule has 5 heteroatoms. The maximum absolute atomic E-state index is 6.23. The van der Waals surface area contributed by atoms with Crippen LogP contribution in [0.4, 0.5) is 5.82 Å². The quantitative estimate of drug-likeness (QED) is 0.776. The number of nitrogen functional groups attached to an aromatic ring is 1. The molecule has 0 fully saturated rings. The van der Waals surface area contributed by atoms with Gasteiger partial charge in [0.2, 0.25) is 5.88 Å². The molecule has 0 bridgehead atoms. The molecule has 3 aromatic rings. The third-order valence-electron chi connectivity index (χ3n) is 3.26. The van der Waals surface area contributed by atoms with Crippen LogP contribution in [0.2, 0.25) is 0 Å². The minimum absolute atomic E-state index is 0.548. The Morgan fingerprint density at radius 1 is 1.15 bits per heavy atom. The van der Waals surface area contributed by atoms with Crippen molar-refractivity contribution >= 4 is 11.5 Å². The van der Waals surface area contributed by atoms with Crippen LogP contribution in [0.3, 0.4) is 0 Å². The number of aromatic nitrogens is 3. The molecule has 5 nitrogen and oxygen atoms in total. The van der Waals surface area contributed by atoms with E-state index >= 15 is 0 Å². The number of pyridine rings is 2. The number of rotatable bonds is 2. The van der Waals surface area contributed by atoms with Crippen LogP contribution in [-0.4, -0.2) is 21.5 Å². The summed E-state index contributed by atoms with van der Waals surface area (Å²) in [5.74, 6) is 1.14. The number of ether oxygens (including phenoxy) is 1. The monoisotopic (exact) mass is 268 g/mol. The van der Waals surface area contributed by atoms with Crippen molar-refractivity contribution in [3.63, 3.8) is 0 Å². The molecule has 20 heavy (non-hydrogen) atoms.